The molecule has 0 aromatic heterocycles. The number of benzene rings is 1. The van der Waals surface area contributed by atoms with Gasteiger partial charge < -0.3 is 10.0 Å². The Bertz CT molecular complexity index is 426. The molecule has 0 amide bonds. The summed E-state index contributed by atoms with van der Waals surface area (Å²) in [5.41, 5.74) is 0.0593. The van der Waals surface area contributed by atoms with Gasteiger partial charge in [0, 0.05) is 12.1 Å². The minimum atomic E-state index is -0.953. The number of hydrogen-bond acceptors (Lipinski definition) is 2. The summed E-state index contributed by atoms with van der Waals surface area (Å²) in [5, 5.41) is 10.1. The number of unbranched alkanes of at least 4 members (excludes halogenated alkanes) is 3. The molecule has 0 bridgehead atoms. The van der Waals surface area contributed by atoms with Crippen molar-refractivity contribution >= 4 is 0 Å². The van der Waals surface area contributed by atoms with Crippen molar-refractivity contribution in [3.63, 3.8) is 0 Å². The van der Waals surface area contributed by atoms with E-state index in [1.54, 1.807) is 0 Å². The van der Waals surface area contributed by atoms with Gasteiger partial charge in [0.15, 0.2) is 0 Å². The zero-order valence-electron chi connectivity index (χ0n) is 13.8. The molecular weight excluding hydrogens is 284 g/mol. The fourth-order valence-corrected chi connectivity index (χ4v) is 2.53. The van der Waals surface area contributed by atoms with Gasteiger partial charge in [-0.15, -0.1) is 0 Å². The number of nitrogens with zero attached hydrogens (tertiary/aromatic N) is 1. The number of halogens is 2. The van der Waals surface area contributed by atoms with E-state index in [-0.39, 0.29) is 5.56 Å². The summed E-state index contributed by atoms with van der Waals surface area (Å²) < 4.78 is 26.8. The van der Waals surface area contributed by atoms with E-state index < -0.39 is 17.7 Å². The summed E-state index contributed by atoms with van der Waals surface area (Å²) in [4.78, 5) is 2.32. The van der Waals surface area contributed by atoms with E-state index in [9.17, 15) is 13.9 Å². The molecule has 1 N–H and O–H groups in total. The minimum absolute atomic E-state index is 0.0593. The first-order valence-electron chi connectivity index (χ1n) is 8.43. The fraction of sp³-hybridized carbons (Fsp3) is 0.667. The molecule has 4 heteroatoms. The third kappa shape index (κ3) is 6.84. The Morgan fingerprint density at radius 3 is 2.36 bits per heavy atom. The molecule has 2 nitrogen and oxygen atoms in total. The molecule has 0 aliphatic carbocycles. The fourth-order valence-electron chi connectivity index (χ4n) is 2.53. The maximum absolute atomic E-state index is 13.7. The summed E-state index contributed by atoms with van der Waals surface area (Å²) in [7, 11) is 0. The maximum Gasteiger partial charge on any atom is 0.129 e. The first kappa shape index (κ1) is 19.0. The lowest BCUT2D eigenvalue weighted by Gasteiger charge is -2.23. The van der Waals surface area contributed by atoms with Gasteiger partial charge in [-0.05, 0) is 50.6 Å². The van der Waals surface area contributed by atoms with Crippen molar-refractivity contribution < 1.29 is 13.9 Å². The van der Waals surface area contributed by atoms with Crippen LogP contribution in [0.1, 0.15) is 64.0 Å². The molecule has 0 spiro atoms. The van der Waals surface area contributed by atoms with E-state index in [0.717, 1.165) is 50.6 Å². The van der Waals surface area contributed by atoms with Crippen LogP contribution >= 0.6 is 0 Å². The van der Waals surface area contributed by atoms with Crippen molar-refractivity contribution in [1.29, 1.82) is 0 Å². The van der Waals surface area contributed by atoms with E-state index >= 15 is 0 Å². The average Bonchev–Trinajstić information content (AvgIpc) is 2.51. The van der Waals surface area contributed by atoms with Crippen LogP contribution < -0.4 is 0 Å². The summed E-state index contributed by atoms with van der Waals surface area (Å²) in [6.45, 7) is 7.04. The normalized spacial score (nSPS) is 12.8. The van der Waals surface area contributed by atoms with Gasteiger partial charge >= 0.3 is 0 Å². The molecule has 1 atom stereocenters. The first-order valence-corrected chi connectivity index (χ1v) is 8.43. The van der Waals surface area contributed by atoms with Crippen LogP contribution in [-0.4, -0.2) is 29.6 Å². The van der Waals surface area contributed by atoms with Crippen molar-refractivity contribution in [3.05, 3.63) is 35.4 Å². The quantitative estimate of drug-likeness (QED) is 0.600. The zero-order chi connectivity index (χ0) is 16.4. The van der Waals surface area contributed by atoms with Crippen molar-refractivity contribution in [2.75, 3.05) is 19.6 Å². The van der Waals surface area contributed by atoms with Gasteiger partial charge in [0.05, 0.1) is 6.10 Å². The highest BCUT2D eigenvalue weighted by Gasteiger charge is 2.15. The van der Waals surface area contributed by atoms with Gasteiger partial charge in [-0.3, -0.25) is 0 Å². The summed E-state index contributed by atoms with van der Waals surface area (Å²) in [6.07, 6.45) is 5.25. The van der Waals surface area contributed by atoms with E-state index in [2.05, 4.69) is 18.7 Å². The predicted molar refractivity (Wildman–Crippen MR) is 86.8 cm³/mol. The second-order valence-corrected chi connectivity index (χ2v) is 5.87. The molecule has 0 aliphatic rings. The Morgan fingerprint density at radius 1 is 1.00 bits per heavy atom. The van der Waals surface area contributed by atoms with E-state index in [0.29, 0.717) is 13.0 Å². The Kier molecular flexibility index (Phi) is 9.25. The predicted octanol–water partition coefficient (Wildman–Crippen LogP) is 4.68. The van der Waals surface area contributed by atoms with Gasteiger partial charge in [0.25, 0.3) is 0 Å². The molecule has 0 radical (unpaired) electrons. The molecule has 1 aromatic rings. The molecule has 0 heterocycles. The van der Waals surface area contributed by atoms with Gasteiger partial charge in [-0.2, -0.15) is 0 Å². The molecule has 126 valence electrons. The van der Waals surface area contributed by atoms with Gasteiger partial charge in [0.1, 0.15) is 11.6 Å². The number of rotatable bonds is 11. The molecular formula is C18H29F2NO. The maximum atomic E-state index is 13.7. The van der Waals surface area contributed by atoms with Crippen LogP contribution in [0, 0.1) is 11.6 Å². The second-order valence-electron chi connectivity index (χ2n) is 5.87. The highest BCUT2D eigenvalue weighted by Crippen LogP contribution is 2.21. The van der Waals surface area contributed by atoms with E-state index in [1.165, 1.54) is 12.8 Å². The Hall–Kier alpha value is -1.00. The lowest BCUT2D eigenvalue weighted by Crippen LogP contribution is -2.28. The third-order valence-electron chi connectivity index (χ3n) is 3.94. The monoisotopic (exact) mass is 313 g/mol. The minimum Gasteiger partial charge on any atom is -0.388 e. The topological polar surface area (TPSA) is 23.5 Å². The SMILES string of the molecule is CCCCCN(CCCC)CCC(O)c1cc(F)ccc1F. The summed E-state index contributed by atoms with van der Waals surface area (Å²) in [6, 6.07) is 3.24. The molecule has 0 fully saturated rings. The van der Waals surface area contributed by atoms with Gasteiger partial charge in [0.2, 0.25) is 0 Å². The Balaban J connectivity index is 2.52. The van der Waals surface area contributed by atoms with Crippen LogP contribution in [0.2, 0.25) is 0 Å². The summed E-state index contributed by atoms with van der Waals surface area (Å²) >= 11 is 0. The molecule has 0 saturated heterocycles. The lowest BCUT2D eigenvalue weighted by atomic mass is 10.1. The van der Waals surface area contributed by atoms with Crippen molar-refractivity contribution in [3.8, 4) is 0 Å². The molecule has 1 aromatic carbocycles. The van der Waals surface area contributed by atoms with Crippen LogP contribution in [0.25, 0.3) is 0 Å². The van der Waals surface area contributed by atoms with Gasteiger partial charge in [-0.25, -0.2) is 8.78 Å². The van der Waals surface area contributed by atoms with Crippen molar-refractivity contribution in [1.82, 2.24) is 4.90 Å². The highest BCUT2D eigenvalue weighted by molar-refractivity contribution is 5.21. The molecule has 1 unspecified atom stereocenters. The first-order chi connectivity index (χ1) is 10.6. The molecule has 1 rings (SSSR count). The standard InChI is InChI=1S/C18H29F2NO/c1-3-5-7-12-21(11-6-4-2)13-10-18(22)16-14-15(19)8-9-17(16)20/h8-9,14,18,22H,3-7,10-13H2,1-2H3. The Morgan fingerprint density at radius 2 is 1.68 bits per heavy atom. The third-order valence-corrected chi connectivity index (χ3v) is 3.94. The van der Waals surface area contributed by atoms with Crippen LogP contribution in [0.5, 0.6) is 0 Å². The molecule has 0 aliphatic heterocycles. The van der Waals surface area contributed by atoms with Gasteiger partial charge in [-0.1, -0.05) is 33.1 Å². The van der Waals surface area contributed by atoms with Crippen molar-refractivity contribution in [2.24, 2.45) is 0 Å². The number of hydrogen-bond donors (Lipinski definition) is 1. The molecule has 0 saturated carbocycles. The number of aliphatic hydroxyl groups is 1. The van der Waals surface area contributed by atoms with Crippen LogP contribution in [0.15, 0.2) is 18.2 Å². The summed E-state index contributed by atoms with van der Waals surface area (Å²) in [5.74, 6) is -1.05. The zero-order valence-corrected chi connectivity index (χ0v) is 13.8. The van der Waals surface area contributed by atoms with E-state index in [1.807, 2.05) is 0 Å². The van der Waals surface area contributed by atoms with Crippen LogP contribution in [-0.2, 0) is 0 Å². The van der Waals surface area contributed by atoms with E-state index in [4.69, 9.17) is 0 Å². The smallest absolute Gasteiger partial charge is 0.129 e. The number of aliphatic hydroxyl groups excluding tert-OH is 1. The average molecular weight is 313 g/mol. The second kappa shape index (κ2) is 10.7. The molecule has 22 heavy (non-hydrogen) atoms. The van der Waals surface area contributed by atoms with Crippen LogP contribution in [0.4, 0.5) is 8.78 Å². The highest BCUT2D eigenvalue weighted by atomic mass is 19.1. The lowest BCUT2D eigenvalue weighted by molar-refractivity contribution is 0.136. The Labute approximate surface area is 133 Å². The van der Waals surface area contributed by atoms with Crippen LogP contribution in [0.3, 0.4) is 0 Å². The van der Waals surface area contributed by atoms with Crippen molar-refractivity contribution in [2.45, 2.75) is 58.5 Å². The largest absolute Gasteiger partial charge is 0.388 e.